The van der Waals surface area contributed by atoms with Crippen LogP contribution in [-0.2, 0) is 0 Å². The molecule has 1 heteroatoms. The minimum Gasteiger partial charge on any atom is -0.173 e. The zero-order chi connectivity index (χ0) is 6.74. The van der Waals surface area contributed by atoms with E-state index in [0.29, 0.717) is 4.75 Å². The van der Waals surface area contributed by atoms with E-state index in [0.717, 1.165) is 0 Å². The number of rotatable bonds is 0. The molecule has 0 nitrogen and oxygen atoms in total. The Morgan fingerprint density at radius 1 is 1.00 bits per heavy atom. The highest BCUT2D eigenvalue weighted by molar-refractivity contribution is 7.81. The molecule has 0 N–H and O–H groups in total. The van der Waals surface area contributed by atoms with Crippen LogP contribution in [0.15, 0.2) is 0 Å². The molecule has 0 saturated heterocycles. The Bertz CT molecular complexity index is 76.6. The summed E-state index contributed by atoms with van der Waals surface area (Å²) in [6.45, 7) is 2.27. The molecule has 0 aromatic rings. The molecule has 1 aliphatic rings. The normalized spacial score (nSPS) is 27.3. The molecule has 0 amide bonds. The summed E-state index contributed by atoms with van der Waals surface area (Å²) in [5.74, 6) is 0. The number of hydrogen-bond donors (Lipinski definition) is 1. The molecular weight excluding hydrogens is 128 g/mol. The molecule has 0 bridgehead atoms. The van der Waals surface area contributed by atoms with Crippen molar-refractivity contribution in [3.05, 3.63) is 0 Å². The second kappa shape index (κ2) is 2.96. The van der Waals surface area contributed by atoms with Crippen molar-refractivity contribution in [2.75, 3.05) is 0 Å². The molecule has 0 unspecified atom stereocenters. The van der Waals surface area contributed by atoms with Gasteiger partial charge in [-0.3, -0.25) is 0 Å². The van der Waals surface area contributed by atoms with Crippen LogP contribution >= 0.6 is 12.6 Å². The maximum Gasteiger partial charge on any atom is 0.0101 e. The van der Waals surface area contributed by atoms with E-state index in [4.69, 9.17) is 0 Å². The smallest absolute Gasteiger partial charge is 0.0101 e. The zero-order valence-corrected chi connectivity index (χ0v) is 7.08. The second-order valence-corrected chi connectivity index (χ2v) is 4.49. The van der Waals surface area contributed by atoms with Gasteiger partial charge < -0.3 is 0 Å². The SMILES string of the molecule is CC1(S)CCCCCC1. The van der Waals surface area contributed by atoms with Crippen LogP contribution in [0.3, 0.4) is 0 Å². The first-order valence-electron chi connectivity index (χ1n) is 3.93. The van der Waals surface area contributed by atoms with Crippen molar-refractivity contribution < 1.29 is 0 Å². The summed E-state index contributed by atoms with van der Waals surface area (Å²) in [4.78, 5) is 0. The highest BCUT2D eigenvalue weighted by Crippen LogP contribution is 2.31. The summed E-state index contributed by atoms with van der Waals surface area (Å²) in [6, 6.07) is 0. The third-order valence-corrected chi connectivity index (χ3v) is 2.63. The Morgan fingerprint density at radius 3 is 1.89 bits per heavy atom. The van der Waals surface area contributed by atoms with E-state index in [9.17, 15) is 0 Å². The van der Waals surface area contributed by atoms with Crippen LogP contribution in [0.5, 0.6) is 0 Å². The maximum atomic E-state index is 4.59. The van der Waals surface area contributed by atoms with Crippen LogP contribution in [-0.4, -0.2) is 4.75 Å². The van der Waals surface area contributed by atoms with Gasteiger partial charge in [0, 0.05) is 4.75 Å². The fourth-order valence-corrected chi connectivity index (χ4v) is 1.81. The molecule has 1 aliphatic carbocycles. The summed E-state index contributed by atoms with van der Waals surface area (Å²) >= 11 is 4.59. The van der Waals surface area contributed by atoms with E-state index in [1.165, 1.54) is 38.5 Å². The quantitative estimate of drug-likeness (QED) is 0.392. The average Bonchev–Trinajstić information content (AvgIpc) is 1.92. The summed E-state index contributed by atoms with van der Waals surface area (Å²) in [5.41, 5.74) is 0. The van der Waals surface area contributed by atoms with Crippen LogP contribution in [0, 0.1) is 0 Å². The molecule has 1 rings (SSSR count). The summed E-state index contributed by atoms with van der Waals surface area (Å²) in [7, 11) is 0. The third-order valence-electron chi connectivity index (χ3n) is 2.18. The Morgan fingerprint density at radius 2 is 1.44 bits per heavy atom. The molecule has 1 fully saturated rings. The molecular formula is C8H16S. The Hall–Kier alpha value is 0.350. The van der Waals surface area contributed by atoms with Gasteiger partial charge in [0.25, 0.3) is 0 Å². The Labute approximate surface area is 63.4 Å². The van der Waals surface area contributed by atoms with E-state index in [2.05, 4.69) is 19.6 Å². The van der Waals surface area contributed by atoms with Crippen LogP contribution in [0.4, 0.5) is 0 Å². The van der Waals surface area contributed by atoms with Gasteiger partial charge in [0.1, 0.15) is 0 Å². The lowest BCUT2D eigenvalue weighted by Crippen LogP contribution is -2.13. The van der Waals surface area contributed by atoms with E-state index in [-0.39, 0.29) is 0 Å². The highest BCUT2D eigenvalue weighted by Gasteiger charge is 2.19. The molecule has 54 valence electrons. The van der Waals surface area contributed by atoms with Crippen molar-refractivity contribution in [1.82, 2.24) is 0 Å². The second-order valence-electron chi connectivity index (χ2n) is 3.41. The van der Waals surface area contributed by atoms with Gasteiger partial charge in [-0.15, -0.1) is 0 Å². The van der Waals surface area contributed by atoms with E-state index >= 15 is 0 Å². The van der Waals surface area contributed by atoms with Crippen LogP contribution < -0.4 is 0 Å². The minimum absolute atomic E-state index is 0.358. The van der Waals surface area contributed by atoms with Crippen LogP contribution in [0.2, 0.25) is 0 Å². The van der Waals surface area contributed by atoms with Crippen molar-refractivity contribution in [2.24, 2.45) is 0 Å². The fourth-order valence-electron chi connectivity index (χ4n) is 1.49. The molecule has 0 spiro atoms. The van der Waals surface area contributed by atoms with E-state index < -0.39 is 0 Å². The van der Waals surface area contributed by atoms with Gasteiger partial charge in [0.05, 0.1) is 0 Å². The topological polar surface area (TPSA) is 0 Å². The molecule has 0 aromatic heterocycles. The van der Waals surface area contributed by atoms with Crippen LogP contribution in [0.1, 0.15) is 45.4 Å². The first-order chi connectivity index (χ1) is 4.21. The third kappa shape index (κ3) is 2.61. The lowest BCUT2D eigenvalue weighted by atomic mass is 10.0. The molecule has 0 aliphatic heterocycles. The molecule has 0 heterocycles. The molecule has 0 radical (unpaired) electrons. The first kappa shape index (κ1) is 7.46. The van der Waals surface area contributed by atoms with E-state index in [1.807, 2.05) is 0 Å². The van der Waals surface area contributed by atoms with Gasteiger partial charge in [-0.25, -0.2) is 0 Å². The monoisotopic (exact) mass is 144 g/mol. The highest BCUT2D eigenvalue weighted by atomic mass is 32.1. The Kier molecular flexibility index (Phi) is 2.45. The first-order valence-corrected chi connectivity index (χ1v) is 4.38. The predicted molar refractivity (Wildman–Crippen MR) is 45.1 cm³/mol. The standard InChI is InChI=1S/C8H16S/c1-8(9)6-4-2-3-5-7-8/h9H,2-7H2,1H3. The molecule has 9 heavy (non-hydrogen) atoms. The average molecular weight is 144 g/mol. The lowest BCUT2D eigenvalue weighted by molar-refractivity contribution is 0.561. The van der Waals surface area contributed by atoms with E-state index in [1.54, 1.807) is 0 Å². The summed E-state index contributed by atoms with van der Waals surface area (Å²) < 4.78 is 0.358. The molecule has 0 aromatic carbocycles. The van der Waals surface area contributed by atoms with Gasteiger partial charge in [-0.1, -0.05) is 32.6 Å². The van der Waals surface area contributed by atoms with Crippen molar-refractivity contribution in [3.63, 3.8) is 0 Å². The maximum absolute atomic E-state index is 4.59. The van der Waals surface area contributed by atoms with Gasteiger partial charge >= 0.3 is 0 Å². The zero-order valence-electron chi connectivity index (χ0n) is 6.19. The minimum atomic E-state index is 0.358. The fraction of sp³-hybridized carbons (Fsp3) is 1.00. The molecule has 0 atom stereocenters. The lowest BCUT2D eigenvalue weighted by Gasteiger charge is -2.19. The molecule has 1 saturated carbocycles. The largest absolute Gasteiger partial charge is 0.173 e. The predicted octanol–water partition coefficient (Wildman–Crippen LogP) is 3.03. The van der Waals surface area contributed by atoms with Gasteiger partial charge in [-0.05, 0) is 12.8 Å². The van der Waals surface area contributed by atoms with Gasteiger partial charge in [-0.2, -0.15) is 12.6 Å². The van der Waals surface area contributed by atoms with Crippen molar-refractivity contribution in [1.29, 1.82) is 0 Å². The van der Waals surface area contributed by atoms with Gasteiger partial charge in [0.15, 0.2) is 0 Å². The van der Waals surface area contributed by atoms with Crippen molar-refractivity contribution >= 4 is 12.6 Å². The van der Waals surface area contributed by atoms with Gasteiger partial charge in [0.2, 0.25) is 0 Å². The number of hydrogen-bond acceptors (Lipinski definition) is 1. The Balaban J connectivity index is 2.36. The van der Waals surface area contributed by atoms with Crippen molar-refractivity contribution in [3.8, 4) is 0 Å². The van der Waals surface area contributed by atoms with Crippen molar-refractivity contribution in [2.45, 2.75) is 50.2 Å². The van der Waals surface area contributed by atoms with Crippen LogP contribution in [0.25, 0.3) is 0 Å². The summed E-state index contributed by atoms with van der Waals surface area (Å²) in [6.07, 6.45) is 8.26. The summed E-state index contributed by atoms with van der Waals surface area (Å²) in [5, 5.41) is 0. The number of thiol groups is 1.